The van der Waals surface area contributed by atoms with E-state index in [-0.39, 0.29) is 11.4 Å². The summed E-state index contributed by atoms with van der Waals surface area (Å²) in [5.74, 6) is 5.29. The average Bonchev–Trinajstić information content (AvgIpc) is 2.84. The predicted molar refractivity (Wildman–Crippen MR) is 77.8 cm³/mol. The van der Waals surface area contributed by atoms with E-state index in [0.29, 0.717) is 12.1 Å². The topological polar surface area (TPSA) is 110 Å². The van der Waals surface area contributed by atoms with Crippen molar-refractivity contribution >= 4 is 27.0 Å². The summed E-state index contributed by atoms with van der Waals surface area (Å²) in [6.07, 6.45) is 3.26. The molecule has 0 aromatic carbocycles. The van der Waals surface area contributed by atoms with Gasteiger partial charge in [0.25, 0.3) is 0 Å². The molecule has 108 valence electrons. The van der Waals surface area contributed by atoms with Gasteiger partial charge in [0.2, 0.25) is 10.0 Å². The van der Waals surface area contributed by atoms with Gasteiger partial charge < -0.3 is 5.43 Å². The van der Waals surface area contributed by atoms with Crippen LogP contribution in [0.2, 0.25) is 0 Å². The van der Waals surface area contributed by atoms with Gasteiger partial charge in [0, 0.05) is 30.7 Å². The molecule has 0 aliphatic carbocycles. The van der Waals surface area contributed by atoms with Crippen LogP contribution in [0, 0.1) is 6.92 Å². The molecule has 20 heavy (non-hydrogen) atoms. The fourth-order valence-electron chi connectivity index (χ4n) is 1.63. The molecule has 0 saturated heterocycles. The Hall–Kier alpha value is -1.55. The molecule has 0 saturated carbocycles. The van der Waals surface area contributed by atoms with Gasteiger partial charge in [0.1, 0.15) is 4.90 Å². The minimum Gasteiger partial charge on any atom is -0.323 e. The van der Waals surface area contributed by atoms with Crippen LogP contribution in [0.5, 0.6) is 0 Å². The number of hydrogen-bond donors (Lipinski definition) is 3. The largest absolute Gasteiger partial charge is 0.323 e. The van der Waals surface area contributed by atoms with E-state index in [9.17, 15) is 8.42 Å². The summed E-state index contributed by atoms with van der Waals surface area (Å²) < 4.78 is 26.8. The number of sulfonamides is 1. The lowest BCUT2D eigenvalue weighted by Gasteiger charge is -2.09. The molecule has 2 aromatic rings. The van der Waals surface area contributed by atoms with E-state index in [1.54, 1.807) is 0 Å². The molecule has 0 atom stereocenters. The second-order valence-electron chi connectivity index (χ2n) is 4.02. The quantitative estimate of drug-likeness (QED) is 0.533. The number of hydrazine groups is 1. The van der Waals surface area contributed by atoms with Gasteiger partial charge in [0.15, 0.2) is 0 Å². The van der Waals surface area contributed by atoms with Crippen molar-refractivity contribution in [3.8, 4) is 0 Å². The molecule has 0 aliphatic heterocycles. The van der Waals surface area contributed by atoms with Crippen LogP contribution in [0.15, 0.2) is 28.7 Å². The summed E-state index contributed by atoms with van der Waals surface area (Å²) in [6.45, 7) is 2.18. The Kier molecular flexibility index (Phi) is 4.65. The molecule has 7 nitrogen and oxygen atoms in total. The number of nitrogens with zero attached hydrogens (tertiary/aromatic N) is 2. The number of rotatable bonds is 6. The first-order valence-corrected chi connectivity index (χ1v) is 8.20. The van der Waals surface area contributed by atoms with Crippen LogP contribution in [0.25, 0.3) is 0 Å². The summed E-state index contributed by atoms with van der Waals surface area (Å²) in [7, 11) is -3.65. The molecule has 2 rings (SSSR count). The third-order valence-electron chi connectivity index (χ3n) is 2.57. The second-order valence-corrected chi connectivity index (χ2v) is 6.82. The van der Waals surface area contributed by atoms with Gasteiger partial charge >= 0.3 is 0 Å². The highest BCUT2D eigenvalue weighted by atomic mass is 32.2. The Morgan fingerprint density at radius 2 is 2.25 bits per heavy atom. The number of hydrogen-bond acceptors (Lipinski definition) is 7. The molecule has 2 heterocycles. The molecule has 2 aromatic heterocycles. The standard InChI is InChI=1S/C11H15N5O2S2/c1-8-15-9(7-19-8)2-5-14-20(17,18)11-6-13-4-3-10(11)16-12/h3-4,6-7,14H,2,5,12H2,1H3,(H,13,16). The van der Waals surface area contributed by atoms with Crippen molar-refractivity contribution in [1.29, 1.82) is 0 Å². The Balaban J connectivity index is 2.04. The van der Waals surface area contributed by atoms with Crippen LogP contribution in [0.3, 0.4) is 0 Å². The number of thiazole rings is 1. The monoisotopic (exact) mass is 313 g/mol. The highest BCUT2D eigenvalue weighted by Gasteiger charge is 2.18. The van der Waals surface area contributed by atoms with Crippen molar-refractivity contribution in [2.45, 2.75) is 18.2 Å². The van der Waals surface area contributed by atoms with Crippen molar-refractivity contribution in [2.75, 3.05) is 12.0 Å². The van der Waals surface area contributed by atoms with Gasteiger partial charge in [-0.25, -0.2) is 18.1 Å². The summed E-state index contributed by atoms with van der Waals surface area (Å²) in [5, 5.41) is 2.88. The molecule has 0 fully saturated rings. The van der Waals surface area contributed by atoms with E-state index in [1.807, 2.05) is 12.3 Å². The van der Waals surface area contributed by atoms with Crippen molar-refractivity contribution in [1.82, 2.24) is 14.7 Å². The predicted octanol–water partition coefficient (Wildman–Crippen LogP) is 0.653. The van der Waals surface area contributed by atoms with Crippen molar-refractivity contribution in [3.05, 3.63) is 34.5 Å². The van der Waals surface area contributed by atoms with Crippen molar-refractivity contribution < 1.29 is 8.42 Å². The van der Waals surface area contributed by atoms with E-state index in [4.69, 9.17) is 5.84 Å². The van der Waals surface area contributed by atoms with Crippen LogP contribution in [-0.4, -0.2) is 24.9 Å². The van der Waals surface area contributed by atoms with Gasteiger partial charge in [-0.2, -0.15) is 0 Å². The number of nitrogen functional groups attached to an aromatic ring is 1. The Morgan fingerprint density at radius 1 is 1.45 bits per heavy atom. The lowest BCUT2D eigenvalue weighted by atomic mass is 10.3. The zero-order valence-electron chi connectivity index (χ0n) is 10.8. The molecule has 0 bridgehead atoms. The van der Waals surface area contributed by atoms with Gasteiger partial charge in [-0.3, -0.25) is 10.8 Å². The van der Waals surface area contributed by atoms with E-state index in [1.165, 1.54) is 29.8 Å². The summed E-state index contributed by atoms with van der Waals surface area (Å²) in [6, 6.07) is 1.50. The van der Waals surface area contributed by atoms with Crippen LogP contribution >= 0.6 is 11.3 Å². The van der Waals surface area contributed by atoms with E-state index in [2.05, 4.69) is 20.1 Å². The van der Waals surface area contributed by atoms with E-state index >= 15 is 0 Å². The number of nitrogens with two attached hydrogens (primary N) is 1. The first kappa shape index (κ1) is 14.9. The molecule has 0 unspecified atom stereocenters. The maximum atomic E-state index is 12.1. The lowest BCUT2D eigenvalue weighted by Crippen LogP contribution is -2.27. The smallest absolute Gasteiger partial charge is 0.244 e. The Bertz CT molecular complexity index is 684. The number of aryl methyl sites for hydroxylation is 1. The molecule has 9 heteroatoms. The van der Waals surface area contributed by atoms with E-state index in [0.717, 1.165) is 10.7 Å². The first-order chi connectivity index (χ1) is 9.53. The van der Waals surface area contributed by atoms with Gasteiger partial charge in [0.05, 0.1) is 16.4 Å². The molecule has 0 aliphatic rings. The first-order valence-electron chi connectivity index (χ1n) is 5.84. The minimum absolute atomic E-state index is 0.0250. The molecule has 0 amide bonds. The zero-order valence-corrected chi connectivity index (χ0v) is 12.5. The highest BCUT2D eigenvalue weighted by molar-refractivity contribution is 7.89. The van der Waals surface area contributed by atoms with Crippen LogP contribution in [0.4, 0.5) is 5.69 Å². The third-order valence-corrected chi connectivity index (χ3v) is 4.88. The Labute approximate surface area is 121 Å². The van der Waals surface area contributed by atoms with Crippen molar-refractivity contribution in [3.63, 3.8) is 0 Å². The molecular weight excluding hydrogens is 298 g/mol. The Morgan fingerprint density at radius 3 is 2.90 bits per heavy atom. The fourth-order valence-corrected chi connectivity index (χ4v) is 3.42. The van der Waals surface area contributed by atoms with Gasteiger partial charge in [-0.15, -0.1) is 11.3 Å². The number of nitrogens with one attached hydrogen (secondary N) is 2. The van der Waals surface area contributed by atoms with Gasteiger partial charge in [-0.05, 0) is 13.0 Å². The summed E-state index contributed by atoms with van der Waals surface area (Å²) in [5.41, 5.74) is 3.52. The van der Waals surface area contributed by atoms with Gasteiger partial charge in [-0.1, -0.05) is 0 Å². The lowest BCUT2D eigenvalue weighted by molar-refractivity contribution is 0.581. The maximum Gasteiger partial charge on any atom is 0.244 e. The second kappa shape index (κ2) is 6.27. The number of anilines is 1. The van der Waals surface area contributed by atoms with Crippen molar-refractivity contribution in [2.24, 2.45) is 5.84 Å². The summed E-state index contributed by atoms with van der Waals surface area (Å²) in [4.78, 5) is 8.10. The molecule has 0 spiro atoms. The zero-order chi connectivity index (χ0) is 14.6. The highest BCUT2D eigenvalue weighted by Crippen LogP contribution is 2.18. The fraction of sp³-hybridized carbons (Fsp3) is 0.273. The van der Waals surface area contributed by atoms with Crippen LogP contribution in [0.1, 0.15) is 10.7 Å². The van der Waals surface area contributed by atoms with Crippen LogP contribution < -0.4 is 16.0 Å². The normalized spacial score (nSPS) is 11.5. The summed E-state index contributed by atoms with van der Waals surface area (Å²) >= 11 is 1.54. The number of pyridine rings is 1. The minimum atomic E-state index is -3.65. The average molecular weight is 313 g/mol. The van der Waals surface area contributed by atoms with E-state index < -0.39 is 10.0 Å². The van der Waals surface area contributed by atoms with Crippen LogP contribution in [-0.2, 0) is 16.4 Å². The number of aromatic nitrogens is 2. The third kappa shape index (κ3) is 3.51. The SMILES string of the molecule is Cc1nc(CCNS(=O)(=O)c2cnccc2NN)cs1. The molecule has 4 N–H and O–H groups in total. The molecular formula is C11H15N5O2S2. The maximum absolute atomic E-state index is 12.1. The molecule has 0 radical (unpaired) electrons.